The van der Waals surface area contributed by atoms with Crippen molar-refractivity contribution in [1.29, 1.82) is 0 Å². The van der Waals surface area contributed by atoms with E-state index in [0.29, 0.717) is 24.7 Å². The number of hydrogen-bond acceptors (Lipinski definition) is 8. The fourth-order valence-electron chi connectivity index (χ4n) is 2.45. The molecule has 1 amide bonds. The minimum absolute atomic E-state index is 0.108. The van der Waals surface area contributed by atoms with E-state index in [4.69, 9.17) is 4.74 Å². The molecular weight excluding hydrogens is 366 g/mol. The second kappa shape index (κ2) is 9.33. The zero-order chi connectivity index (χ0) is 19.1. The molecule has 0 radical (unpaired) electrons. The van der Waals surface area contributed by atoms with Crippen molar-refractivity contribution in [3.63, 3.8) is 0 Å². The molecule has 1 aromatic carbocycles. The zero-order valence-electron chi connectivity index (χ0n) is 15.0. The van der Waals surface area contributed by atoms with Crippen molar-refractivity contribution in [3.05, 3.63) is 41.6 Å². The van der Waals surface area contributed by atoms with Crippen LogP contribution in [0, 0.1) is 6.92 Å². The minimum atomic E-state index is -0.254. The van der Waals surface area contributed by atoms with Gasteiger partial charge in [0.1, 0.15) is 10.8 Å². The summed E-state index contributed by atoms with van der Waals surface area (Å²) >= 11 is 1.33. The summed E-state index contributed by atoms with van der Waals surface area (Å²) in [5.74, 6) is 0.698. The molecule has 0 aliphatic carbocycles. The first kappa shape index (κ1) is 19.1. The first-order valence-corrected chi connectivity index (χ1v) is 9.51. The van der Waals surface area contributed by atoms with E-state index in [1.54, 1.807) is 24.3 Å². The van der Waals surface area contributed by atoms with Gasteiger partial charge in [-0.1, -0.05) is 23.9 Å². The van der Waals surface area contributed by atoms with E-state index in [2.05, 4.69) is 25.4 Å². The number of ether oxygens (including phenoxy) is 1. The summed E-state index contributed by atoms with van der Waals surface area (Å²) in [7, 11) is 0. The summed E-state index contributed by atoms with van der Waals surface area (Å²) in [5, 5.41) is 14.3. The summed E-state index contributed by atoms with van der Waals surface area (Å²) in [6.45, 7) is 4.75. The Kier molecular flexibility index (Phi) is 6.61. The number of thioether (sulfide) groups is 1. The van der Waals surface area contributed by atoms with Crippen molar-refractivity contribution >= 4 is 29.8 Å². The lowest BCUT2D eigenvalue weighted by atomic mass is 10.2. The first-order valence-electron chi connectivity index (χ1n) is 8.53. The number of carbonyl (C=O) groups excluding carboxylic acids is 1. The van der Waals surface area contributed by atoms with Gasteiger partial charge >= 0.3 is 0 Å². The third kappa shape index (κ3) is 5.66. The van der Waals surface area contributed by atoms with Crippen LogP contribution in [-0.2, 0) is 9.53 Å². The minimum Gasteiger partial charge on any atom is -0.507 e. The van der Waals surface area contributed by atoms with E-state index >= 15 is 0 Å². The van der Waals surface area contributed by atoms with E-state index in [-0.39, 0.29) is 17.4 Å². The number of para-hydroxylation sites is 1. The van der Waals surface area contributed by atoms with E-state index in [9.17, 15) is 9.90 Å². The number of phenolic OH excluding ortho intramolecular Hbond substituents is 1. The second-order valence-corrected chi connectivity index (χ2v) is 6.88. The maximum Gasteiger partial charge on any atom is 0.250 e. The molecule has 0 atom stereocenters. The number of aromatic nitrogens is 2. The molecule has 27 heavy (non-hydrogen) atoms. The second-order valence-electron chi connectivity index (χ2n) is 5.89. The lowest BCUT2D eigenvalue weighted by Gasteiger charge is -2.27. The topological polar surface area (TPSA) is 99.9 Å². The lowest BCUT2D eigenvalue weighted by molar-refractivity contribution is -0.118. The van der Waals surface area contributed by atoms with Crippen molar-refractivity contribution < 1.29 is 14.6 Å². The monoisotopic (exact) mass is 387 g/mol. The van der Waals surface area contributed by atoms with Crippen LogP contribution in [-0.4, -0.2) is 59.3 Å². The molecule has 142 valence electrons. The van der Waals surface area contributed by atoms with Gasteiger partial charge in [-0.05, 0) is 25.1 Å². The lowest BCUT2D eigenvalue weighted by Crippen LogP contribution is -2.37. The Balaban J connectivity index is 1.54. The zero-order valence-corrected chi connectivity index (χ0v) is 15.8. The predicted octanol–water partition coefficient (Wildman–Crippen LogP) is 1.57. The number of nitrogens with one attached hydrogen (secondary N) is 1. The molecule has 1 aliphatic heterocycles. The van der Waals surface area contributed by atoms with E-state index < -0.39 is 0 Å². The normalized spacial score (nSPS) is 14.5. The van der Waals surface area contributed by atoms with E-state index in [0.717, 1.165) is 23.8 Å². The van der Waals surface area contributed by atoms with Crippen LogP contribution in [0.3, 0.4) is 0 Å². The average molecular weight is 387 g/mol. The molecule has 2 heterocycles. The Hall–Kier alpha value is -2.65. The fraction of sp³-hybridized carbons (Fsp3) is 0.333. The van der Waals surface area contributed by atoms with Gasteiger partial charge < -0.3 is 14.7 Å². The quantitative estimate of drug-likeness (QED) is 0.336. The van der Waals surface area contributed by atoms with Crippen LogP contribution in [0.5, 0.6) is 5.75 Å². The average Bonchev–Trinajstić information content (AvgIpc) is 2.68. The summed E-state index contributed by atoms with van der Waals surface area (Å²) in [6, 6.07) is 8.62. The van der Waals surface area contributed by atoms with Crippen LogP contribution in [0.15, 0.2) is 40.5 Å². The number of benzene rings is 1. The smallest absolute Gasteiger partial charge is 0.250 e. The number of rotatable bonds is 6. The van der Waals surface area contributed by atoms with Gasteiger partial charge in [0.2, 0.25) is 11.9 Å². The molecule has 1 aliphatic rings. The van der Waals surface area contributed by atoms with Crippen molar-refractivity contribution in [2.24, 2.45) is 5.10 Å². The number of anilines is 1. The van der Waals surface area contributed by atoms with Gasteiger partial charge in [-0.3, -0.25) is 4.79 Å². The molecule has 2 N–H and O–H groups in total. The van der Waals surface area contributed by atoms with Gasteiger partial charge in [-0.2, -0.15) is 5.10 Å². The van der Waals surface area contributed by atoms with Crippen LogP contribution in [0.25, 0.3) is 0 Å². The van der Waals surface area contributed by atoms with Crippen LogP contribution < -0.4 is 10.3 Å². The molecule has 8 nitrogen and oxygen atoms in total. The summed E-state index contributed by atoms with van der Waals surface area (Å²) < 4.78 is 5.35. The largest absolute Gasteiger partial charge is 0.507 e. The number of morpholine rings is 1. The summed E-state index contributed by atoms with van der Waals surface area (Å²) in [4.78, 5) is 23.1. The molecule has 0 spiro atoms. The van der Waals surface area contributed by atoms with Crippen LogP contribution in [0.1, 0.15) is 11.3 Å². The molecule has 9 heteroatoms. The first-order chi connectivity index (χ1) is 13.1. The summed E-state index contributed by atoms with van der Waals surface area (Å²) in [5.41, 5.74) is 3.84. The maximum absolute atomic E-state index is 12.0. The van der Waals surface area contributed by atoms with Gasteiger partial charge in [0.25, 0.3) is 0 Å². The highest BCUT2D eigenvalue weighted by Gasteiger charge is 2.15. The van der Waals surface area contributed by atoms with Gasteiger partial charge in [0.15, 0.2) is 0 Å². The van der Waals surface area contributed by atoms with Crippen LogP contribution in [0.4, 0.5) is 5.95 Å². The number of amides is 1. The van der Waals surface area contributed by atoms with Crippen molar-refractivity contribution in [2.75, 3.05) is 37.0 Å². The van der Waals surface area contributed by atoms with Crippen molar-refractivity contribution in [1.82, 2.24) is 15.4 Å². The Morgan fingerprint density at radius 1 is 1.37 bits per heavy atom. The Labute approximate surface area is 161 Å². The Morgan fingerprint density at radius 3 is 2.93 bits per heavy atom. The molecule has 1 aromatic heterocycles. The molecule has 1 fully saturated rings. The molecule has 1 saturated heterocycles. The van der Waals surface area contributed by atoms with Crippen molar-refractivity contribution in [3.8, 4) is 5.75 Å². The van der Waals surface area contributed by atoms with Crippen molar-refractivity contribution in [2.45, 2.75) is 11.9 Å². The molecule has 0 bridgehead atoms. The number of carbonyl (C=O) groups is 1. The fourth-order valence-corrected chi connectivity index (χ4v) is 3.19. The van der Waals surface area contributed by atoms with E-state index in [1.165, 1.54) is 18.0 Å². The SMILES string of the molecule is Cc1cc(SCC(=O)NN=Cc2ccccc2O)nc(N2CCOCC2)n1. The summed E-state index contributed by atoms with van der Waals surface area (Å²) in [6.07, 6.45) is 1.41. The number of hydrogen-bond donors (Lipinski definition) is 2. The van der Waals surface area contributed by atoms with E-state index in [1.807, 2.05) is 13.0 Å². The van der Waals surface area contributed by atoms with Gasteiger partial charge in [-0.25, -0.2) is 15.4 Å². The van der Waals surface area contributed by atoms with Crippen LogP contribution in [0.2, 0.25) is 0 Å². The Morgan fingerprint density at radius 2 is 2.15 bits per heavy atom. The van der Waals surface area contributed by atoms with Crippen LogP contribution >= 0.6 is 11.8 Å². The third-order valence-corrected chi connectivity index (χ3v) is 4.71. The van der Waals surface area contributed by atoms with Gasteiger partial charge in [0.05, 0.1) is 25.2 Å². The van der Waals surface area contributed by atoms with Gasteiger partial charge in [-0.15, -0.1) is 0 Å². The highest BCUT2D eigenvalue weighted by atomic mass is 32.2. The highest BCUT2D eigenvalue weighted by molar-refractivity contribution is 7.99. The standard InChI is InChI=1S/C18H21N5O3S/c1-13-10-17(21-18(20-13)23-6-8-26-9-7-23)27-12-16(25)22-19-11-14-4-2-3-5-15(14)24/h2-5,10-11,24H,6-9,12H2,1H3,(H,22,25). The molecule has 3 rings (SSSR count). The number of phenols is 1. The third-order valence-electron chi connectivity index (χ3n) is 3.79. The molecule has 2 aromatic rings. The number of hydrazone groups is 1. The molecular formula is C18H21N5O3S. The predicted molar refractivity (Wildman–Crippen MR) is 104 cm³/mol. The number of aryl methyl sites for hydroxylation is 1. The Bertz CT molecular complexity index is 824. The van der Waals surface area contributed by atoms with Gasteiger partial charge in [0, 0.05) is 24.3 Å². The number of aromatic hydroxyl groups is 1. The molecule has 0 saturated carbocycles. The number of nitrogens with zero attached hydrogens (tertiary/aromatic N) is 4. The maximum atomic E-state index is 12.0. The molecule has 0 unspecified atom stereocenters. The highest BCUT2D eigenvalue weighted by Crippen LogP contribution is 2.20.